The average Bonchev–Trinajstić information content (AvgIpc) is 3.30. The van der Waals surface area contributed by atoms with Gasteiger partial charge in [-0.3, -0.25) is 4.68 Å². The smallest absolute Gasteiger partial charge is 0.166 e. The third-order valence-corrected chi connectivity index (χ3v) is 4.88. The van der Waals surface area contributed by atoms with Crippen molar-refractivity contribution in [1.29, 1.82) is 0 Å². The number of halogens is 2. The van der Waals surface area contributed by atoms with E-state index in [1.165, 1.54) is 6.07 Å². The minimum absolute atomic E-state index is 0.310. The number of anilines is 1. The van der Waals surface area contributed by atoms with Crippen molar-refractivity contribution in [2.75, 3.05) is 11.9 Å². The Bertz CT molecular complexity index is 1130. The summed E-state index contributed by atoms with van der Waals surface area (Å²) < 4.78 is 31.4. The fourth-order valence-corrected chi connectivity index (χ4v) is 3.43. The Hall–Kier alpha value is -3.29. The Labute approximate surface area is 161 Å². The van der Waals surface area contributed by atoms with Gasteiger partial charge in [0.05, 0.1) is 23.5 Å². The van der Waals surface area contributed by atoms with Crippen LogP contribution in [-0.2, 0) is 7.05 Å². The third-order valence-electron chi connectivity index (χ3n) is 4.88. The Balaban J connectivity index is 1.76. The van der Waals surface area contributed by atoms with E-state index in [1.807, 2.05) is 44.2 Å². The summed E-state index contributed by atoms with van der Waals surface area (Å²) in [5.41, 5.74) is 2.54. The Kier molecular flexibility index (Phi) is 4.54. The van der Waals surface area contributed by atoms with Crippen LogP contribution in [0.1, 0.15) is 24.9 Å². The minimum Gasteiger partial charge on any atom is -0.352 e. The molecule has 0 fully saturated rings. The Morgan fingerprint density at radius 2 is 1.96 bits per heavy atom. The van der Waals surface area contributed by atoms with E-state index in [2.05, 4.69) is 10.2 Å². The molecule has 0 amide bonds. The van der Waals surface area contributed by atoms with Crippen LogP contribution >= 0.6 is 0 Å². The number of hydrogen-bond acceptors (Lipinski definition) is 4. The molecule has 144 valence electrons. The third kappa shape index (κ3) is 3.11. The van der Waals surface area contributed by atoms with Crippen LogP contribution in [0.25, 0.3) is 16.9 Å². The molecule has 1 atom stereocenters. The molecule has 4 rings (SSSR count). The van der Waals surface area contributed by atoms with Gasteiger partial charge in [0, 0.05) is 32.1 Å². The van der Waals surface area contributed by atoms with E-state index in [0.717, 1.165) is 23.4 Å². The molecule has 0 aliphatic rings. The maximum absolute atomic E-state index is 14.3. The lowest BCUT2D eigenvalue weighted by molar-refractivity contribution is 0.544. The highest BCUT2D eigenvalue weighted by Crippen LogP contribution is 2.30. The standard InChI is InChI=1S/C20H20F2N6/c1-4-18(14-11-13(21)5-6-16(14)22)27(3)19-8-10-28-20(24-19)15(12-23-28)17-7-9-26(2)25-17/h5-12,18H,4H2,1-3H3. The van der Waals surface area contributed by atoms with Crippen molar-refractivity contribution in [3.63, 3.8) is 0 Å². The molecule has 3 heterocycles. The molecule has 1 unspecified atom stereocenters. The van der Waals surface area contributed by atoms with Crippen molar-refractivity contribution in [1.82, 2.24) is 24.4 Å². The highest BCUT2D eigenvalue weighted by molar-refractivity contribution is 5.75. The molecule has 28 heavy (non-hydrogen) atoms. The highest BCUT2D eigenvalue weighted by atomic mass is 19.1. The first kappa shape index (κ1) is 18.1. The second kappa shape index (κ2) is 7.03. The first-order chi connectivity index (χ1) is 13.5. The van der Waals surface area contributed by atoms with E-state index in [4.69, 9.17) is 4.98 Å². The number of fused-ring (bicyclic) bond motifs is 1. The largest absolute Gasteiger partial charge is 0.352 e. The van der Waals surface area contributed by atoms with Crippen molar-refractivity contribution in [2.45, 2.75) is 19.4 Å². The van der Waals surface area contributed by atoms with E-state index in [-0.39, 0.29) is 6.04 Å². The van der Waals surface area contributed by atoms with Crippen LogP contribution < -0.4 is 4.90 Å². The molecule has 8 heteroatoms. The van der Waals surface area contributed by atoms with Crippen LogP contribution in [0.15, 0.2) is 48.9 Å². The van der Waals surface area contributed by atoms with Crippen LogP contribution in [0.5, 0.6) is 0 Å². The number of hydrogen-bond donors (Lipinski definition) is 0. The van der Waals surface area contributed by atoms with Crippen molar-refractivity contribution in [3.05, 3.63) is 66.1 Å². The van der Waals surface area contributed by atoms with Gasteiger partial charge in [-0.05, 0) is 36.8 Å². The molecular weight excluding hydrogens is 362 g/mol. The first-order valence-corrected chi connectivity index (χ1v) is 9.00. The van der Waals surface area contributed by atoms with Crippen molar-refractivity contribution >= 4 is 11.5 Å². The summed E-state index contributed by atoms with van der Waals surface area (Å²) in [7, 11) is 3.68. The van der Waals surface area contributed by atoms with Crippen LogP contribution in [0, 0.1) is 11.6 Å². The monoisotopic (exact) mass is 382 g/mol. The van der Waals surface area contributed by atoms with E-state index in [9.17, 15) is 8.78 Å². The molecule has 0 saturated carbocycles. The van der Waals surface area contributed by atoms with E-state index in [1.54, 1.807) is 21.6 Å². The second-order valence-corrected chi connectivity index (χ2v) is 6.69. The predicted octanol–water partition coefficient (Wildman–Crippen LogP) is 4.00. The van der Waals surface area contributed by atoms with Crippen LogP contribution in [0.4, 0.5) is 14.6 Å². The fraction of sp³-hybridized carbons (Fsp3) is 0.250. The van der Waals surface area contributed by atoms with E-state index >= 15 is 0 Å². The predicted molar refractivity (Wildman–Crippen MR) is 103 cm³/mol. The van der Waals surface area contributed by atoms with Crippen molar-refractivity contribution in [3.8, 4) is 11.3 Å². The average molecular weight is 382 g/mol. The van der Waals surface area contributed by atoms with Gasteiger partial charge in [0.15, 0.2) is 5.65 Å². The highest BCUT2D eigenvalue weighted by Gasteiger charge is 2.22. The summed E-state index contributed by atoms with van der Waals surface area (Å²) in [6.45, 7) is 1.93. The summed E-state index contributed by atoms with van der Waals surface area (Å²) in [5.74, 6) is -0.250. The zero-order valence-electron chi connectivity index (χ0n) is 15.8. The molecule has 6 nitrogen and oxygen atoms in total. The van der Waals surface area contributed by atoms with Crippen LogP contribution in [0.2, 0.25) is 0 Å². The molecule has 3 aromatic heterocycles. The lowest BCUT2D eigenvalue weighted by atomic mass is 10.0. The minimum atomic E-state index is -0.458. The summed E-state index contributed by atoms with van der Waals surface area (Å²) in [6, 6.07) is 6.88. The summed E-state index contributed by atoms with van der Waals surface area (Å²) in [4.78, 5) is 6.58. The van der Waals surface area contributed by atoms with Crippen molar-refractivity contribution < 1.29 is 8.78 Å². The van der Waals surface area contributed by atoms with Crippen LogP contribution in [0.3, 0.4) is 0 Å². The van der Waals surface area contributed by atoms with Gasteiger partial charge in [0.2, 0.25) is 0 Å². The van der Waals surface area contributed by atoms with Crippen LogP contribution in [-0.4, -0.2) is 31.4 Å². The summed E-state index contributed by atoms with van der Waals surface area (Å²) in [5, 5.41) is 8.75. The van der Waals surface area contributed by atoms with Gasteiger partial charge in [0.1, 0.15) is 17.5 Å². The molecule has 4 aromatic rings. The van der Waals surface area contributed by atoms with Gasteiger partial charge < -0.3 is 4.90 Å². The number of nitrogens with zero attached hydrogens (tertiary/aromatic N) is 6. The maximum Gasteiger partial charge on any atom is 0.166 e. The molecule has 0 aliphatic carbocycles. The lowest BCUT2D eigenvalue weighted by Crippen LogP contribution is -2.25. The van der Waals surface area contributed by atoms with E-state index < -0.39 is 11.6 Å². The number of aromatic nitrogens is 5. The summed E-state index contributed by atoms with van der Waals surface area (Å²) in [6.07, 6.45) is 5.97. The van der Waals surface area contributed by atoms with Gasteiger partial charge in [-0.1, -0.05) is 6.92 Å². The Morgan fingerprint density at radius 3 is 2.68 bits per heavy atom. The van der Waals surface area contributed by atoms with Crippen molar-refractivity contribution in [2.24, 2.45) is 7.05 Å². The van der Waals surface area contributed by atoms with Gasteiger partial charge in [0.25, 0.3) is 0 Å². The number of benzene rings is 1. The number of aryl methyl sites for hydroxylation is 1. The molecule has 0 radical (unpaired) electrons. The van der Waals surface area contributed by atoms with Gasteiger partial charge in [-0.25, -0.2) is 18.3 Å². The topological polar surface area (TPSA) is 51.2 Å². The number of rotatable bonds is 5. The van der Waals surface area contributed by atoms with Gasteiger partial charge in [-0.15, -0.1) is 0 Å². The van der Waals surface area contributed by atoms with E-state index in [0.29, 0.717) is 23.4 Å². The lowest BCUT2D eigenvalue weighted by Gasteiger charge is -2.29. The quantitative estimate of drug-likeness (QED) is 0.524. The normalized spacial score (nSPS) is 12.5. The molecule has 0 aliphatic heterocycles. The van der Waals surface area contributed by atoms with Gasteiger partial charge >= 0.3 is 0 Å². The SMILES string of the molecule is CCC(c1cc(F)ccc1F)N(C)c1ccn2ncc(-c3ccn(C)n3)c2n1. The molecule has 0 bridgehead atoms. The summed E-state index contributed by atoms with van der Waals surface area (Å²) >= 11 is 0. The first-order valence-electron chi connectivity index (χ1n) is 9.00. The Morgan fingerprint density at radius 1 is 1.14 bits per heavy atom. The fourth-order valence-electron chi connectivity index (χ4n) is 3.43. The molecule has 0 saturated heterocycles. The zero-order chi connectivity index (χ0) is 19.8. The maximum atomic E-state index is 14.3. The zero-order valence-corrected chi connectivity index (χ0v) is 15.8. The second-order valence-electron chi connectivity index (χ2n) is 6.69. The molecule has 0 spiro atoms. The molecule has 0 N–H and O–H groups in total. The van der Waals surface area contributed by atoms with Gasteiger partial charge in [-0.2, -0.15) is 10.2 Å². The molecular formula is C20H20F2N6. The molecule has 1 aromatic carbocycles.